The maximum absolute atomic E-state index is 11.1. The second-order valence-corrected chi connectivity index (χ2v) is 6.07. The Morgan fingerprint density at radius 1 is 1.39 bits per heavy atom. The first-order chi connectivity index (χ1) is 10.8. The largest absolute Gasteiger partial charge is 0.470 e. The summed E-state index contributed by atoms with van der Waals surface area (Å²) in [5.41, 5.74) is 6.16. The van der Waals surface area contributed by atoms with Crippen molar-refractivity contribution < 1.29 is 33.8 Å². The van der Waals surface area contributed by atoms with Gasteiger partial charge in [-0.3, -0.25) is 9.09 Å². The summed E-state index contributed by atoms with van der Waals surface area (Å²) in [4.78, 5) is 29.8. The van der Waals surface area contributed by atoms with Crippen LogP contribution in [-0.4, -0.2) is 64.4 Å². The Morgan fingerprint density at radius 2 is 2.13 bits per heavy atom. The molecule has 0 radical (unpaired) electrons. The molecule has 1 aliphatic heterocycles. The highest BCUT2D eigenvalue weighted by atomic mass is 31.2. The molecule has 3 rings (SSSR count). The Kier molecular flexibility index (Phi) is 4.06. The minimum atomic E-state index is -4.91. The van der Waals surface area contributed by atoms with Gasteiger partial charge in [-0.1, -0.05) is 0 Å². The van der Waals surface area contributed by atoms with E-state index < -0.39 is 39.0 Å². The third kappa shape index (κ3) is 2.93. The third-order valence-corrected chi connectivity index (χ3v) is 3.93. The zero-order valence-electron chi connectivity index (χ0n) is 11.5. The van der Waals surface area contributed by atoms with Crippen LogP contribution in [0.5, 0.6) is 0 Å². The van der Waals surface area contributed by atoms with E-state index >= 15 is 0 Å². The normalized spacial score (nSPS) is 28.5. The number of anilines is 1. The number of phosphoric ester groups is 1. The molecular formula is C10H14N5O7P. The Bertz CT molecular complexity index is 763. The van der Waals surface area contributed by atoms with Crippen molar-refractivity contribution in [1.82, 2.24) is 19.5 Å². The summed E-state index contributed by atoms with van der Waals surface area (Å²) in [6.45, 7) is -0.567. The summed E-state index contributed by atoms with van der Waals surface area (Å²) in [5, 5.41) is 19.3. The highest BCUT2D eigenvalue weighted by Crippen LogP contribution is 2.45. The molecule has 4 atom stereocenters. The fourth-order valence-electron chi connectivity index (χ4n) is 2.42. The molecule has 1 saturated heterocycles. The molecule has 13 heteroatoms. The summed E-state index contributed by atoms with van der Waals surface area (Å²) in [7, 11) is -4.91. The molecule has 0 spiro atoms. The van der Waals surface area contributed by atoms with Crippen molar-refractivity contribution in [2.45, 2.75) is 24.5 Å². The first kappa shape index (κ1) is 16.2. The zero-order chi connectivity index (χ0) is 16.8. The highest BCUT2D eigenvalue weighted by molar-refractivity contribution is 7.46. The van der Waals surface area contributed by atoms with Crippen LogP contribution in [0.4, 0.5) is 5.82 Å². The van der Waals surface area contributed by atoms with E-state index in [0.717, 1.165) is 0 Å². The van der Waals surface area contributed by atoms with Gasteiger partial charge in [0.05, 0.1) is 12.9 Å². The van der Waals surface area contributed by atoms with Crippen LogP contribution in [0.15, 0.2) is 12.7 Å². The lowest BCUT2D eigenvalue weighted by molar-refractivity contribution is -0.0505. The average molecular weight is 347 g/mol. The second-order valence-electron chi connectivity index (χ2n) is 4.88. The van der Waals surface area contributed by atoms with Crippen molar-refractivity contribution in [1.29, 1.82) is 0 Å². The third-order valence-electron chi connectivity index (χ3n) is 3.41. The van der Waals surface area contributed by atoms with Crippen LogP contribution in [0, 0.1) is 0 Å². The Labute approximate surface area is 128 Å². The SMILES string of the molecule is Nc1ncnc2c1ncn2[C@H]1O[C@@H](CO)[C@@H](O)[C@@H]1OP(=O)(O)O. The van der Waals surface area contributed by atoms with E-state index in [4.69, 9.17) is 20.3 Å². The van der Waals surface area contributed by atoms with Gasteiger partial charge in [0.1, 0.15) is 30.2 Å². The number of ether oxygens (including phenoxy) is 1. The quantitative estimate of drug-likeness (QED) is 0.390. The summed E-state index contributed by atoms with van der Waals surface area (Å²) < 4.78 is 22.5. The van der Waals surface area contributed by atoms with Gasteiger partial charge < -0.3 is 30.5 Å². The summed E-state index contributed by atoms with van der Waals surface area (Å²) in [6.07, 6.45) is -2.72. The molecule has 2 aromatic heterocycles. The van der Waals surface area contributed by atoms with Crippen LogP contribution in [-0.2, 0) is 13.8 Å². The van der Waals surface area contributed by atoms with Crippen molar-refractivity contribution in [2.75, 3.05) is 12.3 Å². The van der Waals surface area contributed by atoms with E-state index in [9.17, 15) is 14.8 Å². The zero-order valence-corrected chi connectivity index (χ0v) is 12.4. The molecule has 0 amide bonds. The maximum Gasteiger partial charge on any atom is 0.470 e. The number of nitrogen functional groups attached to an aromatic ring is 1. The van der Waals surface area contributed by atoms with E-state index in [2.05, 4.69) is 19.5 Å². The molecule has 6 N–H and O–H groups in total. The molecule has 1 fully saturated rings. The summed E-state index contributed by atoms with van der Waals surface area (Å²) >= 11 is 0. The monoisotopic (exact) mass is 347 g/mol. The predicted octanol–water partition coefficient (Wildman–Crippen LogP) is -1.86. The number of nitrogens with two attached hydrogens (primary N) is 1. The minimum Gasteiger partial charge on any atom is -0.394 e. The first-order valence-electron chi connectivity index (χ1n) is 6.43. The fourth-order valence-corrected chi connectivity index (χ4v) is 2.97. The smallest absolute Gasteiger partial charge is 0.394 e. The molecule has 2 aromatic rings. The first-order valence-corrected chi connectivity index (χ1v) is 7.96. The number of aliphatic hydroxyl groups is 2. The number of aliphatic hydroxyl groups excluding tert-OH is 2. The van der Waals surface area contributed by atoms with Crippen molar-refractivity contribution in [2.24, 2.45) is 0 Å². The number of imidazole rings is 1. The molecule has 0 aliphatic carbocycles. The van der Waals surface area contributed by atoms with Gasteiger partial charge in [-0.2, -0.15) is 0 Å². The lowest BCUT2D eigenvalue weighted by atomic mass is 10.1. The van der Waals surface area contributed by atoms with Gasteiger partial charge in [0, 0.05) is 0 Å². The Balaban J connectivity index is 2.04. The van der Waals surface area contributed by atoms with Crippen molar-refractivity contribution >= 4 is 24.8 Å². The van der Waals surface area contributed by atoms with Gasteiger partial charge in [-0.15, -0.1) is 0 Å². The van der Waals surface area contributed by atoms with Gasteiger partial charge in [-0.25, -0.2) is 19.5 Å². The van der Waals surface area contributed by atoms with Crippen LogP contribution in [0.25, 0.3) is 11.2 Å². The topological polar surface area (TPSA) is 186 Å². The number of fused-ring (bicyclic) bond motifs is 1. The molecule has 12 nitrogen and oxygen atoms in total. The molecular weight excluding hydrogens is 333 g/mol. The lowest BCUT2D eigenvalue weighted by Crippen LogP contribution is -2.34. The van der Waals surface area contributed by atoms with Gasteiger partial charge >= 0.3 is 7.82 Å². The highest BCUT2D eigenvalue weighted by Gasteiger charge is 2.48. The van der Waals surface area contributed by atoms with Crippen LogP contribution >= 0.6 is 7.82 Å². The Hall–Kier alpha value is -1.66. The number of aromatic nitrogens is 4. The van der Waals surface area contributed by atoms with Crippen LogP contribution in [0.3, 0.4) is 0 Å². The Morgan fingerprint density at radius 3 is 2.78 bits per heavy atom. The van der Waals surface area contributed by atoms with Gasteiger partial charge in [-0.05, 0) is 0 Å². The van der Waals surface area contributed by atoms with Gasteiger partial charge in [0.25, 0.3) is 0 Å². The van der Waals surface area contributed by atoms with E-state index in [-0.39, 0.29) is 17.0 Å². The summed E-state index contributed by atoms with van der Waals surface area (Å²) in [5.74, 6) is 0.110. The molecule has 0 unspecified atom stereocenters. The molecule has 0 saturated carbocycles. The van der Waals surface area contributed by atoms with Gasteiger partial charge in [0.2, 0.25) is 0 Å². The van der Waals surface area contributed by atoms with Crippen LogP contribution < -0.4 is 5.73 Å². The van der Waals surface area contributed by atoms with Crippen molar-refractivity contribution in [3.63, 3.8) is 0 Å². The molecule has 23 heavy (non-hydrogen) atoms. The van der Waals surface area contributed by atoms with Crippen molar-refractivity contribution in [3.8, 4) is 0 Å². The molecule has 0 aromatic carbocycles. The number of hydrogen-bond donors (Lipinski definition) is 5. The van der Waals surface area contributed by atoms with E-state index in [1.165, 1.54) is 17.2 Å². The van der Waals surface area contributed by atoms with E-state index in [1.807, 2.05) is 0 Å². The molecule has 126 valence electrons. The summed E-state index contributed by atoms with van der Waals surface area (Å²) in [6, 6.07) is 0. The standard InChI is InChI=1S/C10H14N5O7P/c11-8-5-9(13-2-12-8)15(3-14-5)10-7(22-23(18,19)20)6(17)4(1-16)21-10/h2-4,6-7,10,16-17H,1H2,(H2,11,12,13)(H2,18,19,20)/t4-,6+,7-,10-/m0/s1. The second kappa shape index (κ2) is 5.76. The van der Waals surface area contributed by atoms with Crippen molar-refractivity contribution in [3.05, 3.63) is 12.7 Å². The number of phosphoric acid groups is 1. The number of rotatable bonds is 4. The average Bonchev–Trinajstić information content (AvgIpc) is 3.01. The molecule has 3 heterocycles. The maximum atomic E-state index is 11.1. The fraction of sp³-hybridized carbons (Fsp3) is 0.500. The number of hydrogen-bond acceptors (Lipinski definition) is 9. The van der Waals surface area contributed by atoms with Gasteiger partial charge in [0.15, 0.2) is 17.7 Å². The lowest BCUT2D eigenvalue weighted by Gasteiger charge is -2.21. The molecule has 0 bridgehead atoms. The van der Waals surface area contributed by atoms with E-state index in [0.29, 0.717) is 0 Å². The van der Waals surface area contributed by atoms with Crippen LogP contribution in [0.2, 0.25) is 0 Å². The van der Waals surface area contributed by atoms with E-state index in [1.54, 1.807) is 0 Å². The predicted molar refractivity (Wildman–Crippen MR) is 73.7 cm³/mol. The molecule has 1 aliphatic rings. The number of nitrogens with zero attached hydrogens (tertiary/aromatic N) is 4. The minimum absolute atomic E-state index is 0.110. The van der Waals surface area contributed by atoms with Crippen LogP contribution in [0.1, 0.15) is 6.23 Å².